The van der Waals surface area contributed by atoms with Gasteiger partial charge in [0.1, 0.15) is 0 Å². The summed E-state index contributed by atoms with van der Waals surface area (Å²) >= 11 is 6.69. The third-order valence-electron chi connectivity index (χ3n) is 5.99. The van der Waals surface area contributed by atoms with Gasteiger partial charge in [-0.1, -0.05) is 66.2 Å². The van der Waals surface area contributed by atoms with Crippen LogP contribution in [0.5, 0.6) is 0 Å². The van der Waals surface area contributed by atoms with Gasteiger partial charge < -0.3 is 5.32 Å². The van der Waals surface area contributed by atoms with Gasteiger partial charge >= 0.3 is 0 Å². The highest BCUT2D eigenvalue weighted by atomic mass is 35.5. The van der Waals surface area contributed by atoms with E-state index >= 15 is 0 Å². The van der Waals surface area contributed by atoms with Crippen LogP contribution in [0.1, 0.15) is 39.2 Å². The number of likely N-dealkylation sites (tertiary alicyclic amines) is 1. The number of piperidine rings is 1. The Morgan fingerprint density at radius 3 is 2.59 bits per heavy atom. The van der Waals surface area contributed by atoms with Gasteiger partial charge in [0.25, 0.3) is 0 Å². The van der Waals surface area contributed by atoms with Crippen molar-refractivity contribution in [2.24, 2.45) is 5.89 Å². The Balaban J connectivity index is 1.54. The van der Waals surface area contributed by atoms with Crippen LogP contribution in [-0.2, 0) is 0 Å². The highest BCUT2D eigenvalue weighted by molar-refractivity contribution is 6.31. The topological polar surface area (TPSA) is 15.3 Å². The van der Waals surface area contributed by atoms with Crippen LogP contribution < -0.4 is 5.32 Å². The van der Waals surface area contributed by atoms with Crippen LogP contribution in [0.25, 0.3) is 11.1 Å². The minimum absolute atomic E-state index is 0.180. The van der Waals surface area contributed by atoms with Gasteiger partial charge in [0, 0.05) is 18.5 Å². The molecular formula is C24H29ClN2. The molecule has 0 aliphatic carbocycles. The normalized spacial score (nSPS) is 24.4. The molecular weight excluding hydrogens is 352 g/mol. The predicted octanol–water partition coefficient (Wildman–Crippen LogP) is 5.70. The third kappa shape index (κ3) is 4.13. The molecule has 2 heterocycles. The molecule has 2 aromatic rings. The lowest BCUT2D eigenvalue weighted by Crippen LogP contribution is -2.44. The quantitative estimate of drug-likeness (QED) is 0.683. The van der Waals surface area contributed by atoms with E-state index in [1.165, 1.54) is 16.7 Å². The average Bonchev–Trinajstić information content (AvgIpc) is 2.75. The number of rotatable bonds is 4. The van der Waals surface area contributed by atoms with Crippen molar-refractivity contribution in [1.29, 1.82) is 0 Å². The van der Waals surface area contributed by atoms with Gasteiger partial charge in [0.15, 0.2) is 0 Å². The first-order valence-corrected chi connectivity index (χ1v) is 10.4. The zero-order valence-corrected chi connectivity index (χ0v) is 16.8. The zero-order chi connectivity index (χ0) is 19.6. The van der Waals surface area contributed by atoms with Gasteiger partial charge in [-0.3, -0.25) is 4.90 Å². The van der Waals surface area contributed by atoms with Gasteiger partial charge in [0.2, 0.25) is 0 Å². The first kappa shape index (κ1) is 17.5. The summed E-state index contributed by atoms with van der Waals surface area (Å²) in [5, 5.41) is 4.36. The van der Waals surface area contributed by atoms with Gasteiger partial charge in [-0.2, -0.15) is 0 Å². The maximum Gasteiger partial charge on any atom is 0.0459 e. The zero-order valence-electron chi connectivity index (χ0n) is 17.0. The highest BCUT2D eigenvalue weighted by Crippen LogP contribution is 2.38. The molecule has 1 unspecified atom stereocenters. The monoisotopic (exact) mass is 381 g/mol. The summed E-state index contributed by atoms with van der Waals surface area (Å²) in [6.45, 7) is 5.09. The minimum Gasteiger partial charge on any atom is -0.310 e. The van der Waals surface area contributed by atoms with Gasteiger partial charge in [-0.05, 0) is 74.5 Å². The lowest BCUT2D eigenvalue weighted by atomic mass is 9.86. The summed E-state index contributed by atoms with van der Waals surface area (Å²) in [7, 11) is 0. The molecule has 1 saturated heterocycles. The van der Waals surface area contributed by atoms with E-state index < -0.39 is 5.89 Å². The van der Waals surface area contributed by atoms with E-state index in [9.17, 15) is 0 Å². The smallest absolute Gasteiger partial charge is 0.0459 e. The van der Waals surface area contributed by atoms with E-state index in [1.54, 1.807) is 0 Å². The van der Waals surface area contributed by atoms with Crippen molar-refractivity contribution in [3.05, 3.63) is 71.3 Å². The molecule has 0 aromatic heterocycles. The number of hydrogen-bond acceptors (Lipinski definition) is 2. The Bertz CT molecular complexity index is 828. The number of benzene rings is 2. The number of nitrogens with one attached hydrogen (secondary N) is 1. The summed E-state index contributed by atoms with van der Waals surface area (Å²) in [4.78, 5) is 2.49. The summed E-state index contributed by atoms with van der Waals surface area (Å²) < 4.78 is 9.00. The molecule has 0 saturated carbocycles. The van der Waals surface area contributed by atoms with E-state index in [0.29, 0.717) is 0 Å². The van der Waals surface area contributed by atoms with Crippen molar-refractivity contribution in [3.63, 3.8) is 0 Å². The van der Waals surface area contributed by atoms with Crippen molar-refractivity contribution < 1.29 is 1.37 Å². The second-order valence-electron chi connectivity index (χ2n) is 7.59. The van der Waals surface area contributed by atoms with Crippen LogP contribution in [-0.4, -0.2) is 30.6 Å². The van der Waals surface area contributed by atoms with E-state index in [-0.39, 0.29) is 12.1 Å². The van der Waals surface area contributed by atoms with Gasteiger partial charge in [0.05, 0.1) is 0 Å². The van der Waals surface area contributed by atoms with Crippen LogP contribution in [0.3, 0.4) is 0 Å². The van der Waals surface area contributed by atoms with E-state index in [0.717, 1.165) is 43.9 Å². The fourth-order valence-corrected chi connectivity index (χ4v) is 4.76. The third-order valence-corrected chi connectivity index (χ3v) is 6.32. The Labute approximate surface area is 169 Å². The second kappa shape index (κ2) is 8.60. The Morgan fingerprint density at radius 1 is 1.11 bits per heavy atom. The van der Waals surface area contributed by atoms with Gasteiger partial charge in [-0.15, -0.1) is 0 Å². The lowest BCUT2D eigenvalue weighted by molar-refractivity contribution is 0.130. The fourth-order valence-electron chi connectivity index (χ4n) is 4.43. The average molecular weight is 382 g/mol. The summed E-state index contributed by atoms with van der Waals surface area (Å²) in [5.41, 5.74) is 3.61. The number of hydrogen-bond donors (Lipinski definition) is 1. The fraction of sp³-hybridized carbons (Fsp3) is 0.417. The predicted molar refractivity (Wildman–Crippen MR) is 115 cm³/mol. The molecule has 2 nitrogen and oxygen atoms in total. The Morgan fingerprint density at radius 2 is 1.89 bits per heavy atom. The van der Waals surface area contributed by atoms with Crippen molar-refractivity contribution in [1.82, 2.24) is 10.2 Å². The van der Waals surface area contributed by atoms with Crippen LogP contribution >= 0.6 is 11.6 Å². The molecule has 1 N–H and O–H groups in total. The van der Waals surface area contributed by atoms with Crippen molar-refractivity contribution in [2.75, 3.05) is 19.6 Å². The number of nitrogens with zero attached hydrogens (tertiary/aromatic N) is 1. The summed E-state index contributed by atoms with van der Waals surface area (Å²) in [6.07, 6.45) is 7.26. The molecule has 2 atom stereocenters. The molecule has 2 aliphatic rings. The molecule has 3 heteroatoms. The molecule has 0 bridgehead atoms. The van der Waals surface area contributed by atoms with Crippen molar-refractivity contribution >= 4 is 11.6 Å². The molecule has 0 spiro atoms. The molecule has 4 rings (SSSR count). The first-order valence-electron chi connectivity index (χ1n) is 10.6. The minimum atomic E-state index is -0.407. The standard InChI is InChI=1S/C24H29ClN2/c1-18(27-16-13-20(14-17-27)23-12-5-6-15-26-23)24-21(10-7-11-22(24)25)19-8-3-2-4-9-19/h2-5,7-12,18,20,23,26H,6,13-17H2,1H3/t18-,23?/m0/s1/i20D. The maximum atomic E-state index is 9.00. The van der Waals surface area contributed by atoms with E-state index in [4.69, 9.17) is 13.0 Å². The Hall–Kier alpha value is -1.61. The molecule has 1 fully saturated rings. The second-order valence-corrected chi connectivity index (χ2v) is 7.99. The largest absolute Gasteiger partial charge is 0.310 e. The molecule has 0 radical (unpaired) electrons. The van der Waals surface area contributed by atoms with Crippen molar-refractivity contribution in [2.45, 2.75) is 38.3 Å². The van der Waals surface area contributed by atoms with Crippen LogP contribution in [0, 0.1) is 5.89 Å². The lowest BCUT2D eigenvalue weighted by Gasteiger charge is -2.40. The van der Waals surface area contributed by atoms with Crippen LogP contribution in [0.4, 0.5) is 0 Å². The van der Waals surface area contributed by atoms with E-state index in [1.807, 2.05) is 18.2 Å². The summed E-state index contributed by atoms with van der Waals surface area (Å²) in [5.74, 6) is -0.407. The number of halogens is 1. The highest BCUT2D eigenvalue weighted by Gasteiger charge is 2.29. The van der Waals surface area contributed by atoms with Gasteiger partial charge in [-0.25, -0.2) is 0 Å². The Kier molecular flexibility index (Phi) is 5.57. The van der Waals surface area contributed by atoms with Crippen LogP contribution in [0.2, 0.25) is 5.02 Å². The first-order chi connectivity index (χ1) is 13.6. The molecule has 27 heavy (non-hydrogen) atoms. The SMILES string of the molecule is [2H]C1(C2C=CCCN2)CCN([C@@H](C)c2c(Cl)cccc2-c2ccccc2)CC1. The maximum absolute atomic E-state index is 9.00. The molecule has 2 aliphatic heterocycles. The van der Waals surface area contributed by atoms with E-state index in [2.05, 4.69) is 59.6 Å². The van der Waals surface area contributed by atoms with Crippen molar-refractivity contribution in [3.8, 4) is 11.1 Å². The molecule has 2 aromatic carbocycles. The summed E-state index contributed by atoms with van der Waals surface area (Å²) in [6, 6.07) is 17.1. The molecule has 142 valence electrons. The molecule has 0 amide bonds. The van der Waals surface area contributed by atoms with Crippen LogP contribution in [0.15, 0.2) is 60.7 Å².